The van der Waals surface area contributed by atoms with Crippen molar-refractivity contribution in [2.45, 2.75) is 6.92 Å². The summed E-state index contributed by atoms with van der Waals surface area (Å²) in [6, 6.07) is 8.62. The van der Waals surface area contributed by atoms with Gasteiger partial charge in [0.25, 0.3) is 0 Å². The van der Waals surface area contributed by atoms with Gasteiger partial charge in [-0.25, -0.2) is 0 Å². The quantitative estimate of drug-likeness (QED) is 0.938. The van der Waals surface area contributed by atoms with E-state index < -0.39 is 0 Å². The molecule has 0 fully saturated rings. The number of anilines is 2. The number of likely N-dealkylation sites (N-methyl/N-ethyl adjacent to an activating group) is 1. The van der Waals surface area contributed by atoms with Crippen molar-refractivity contribution in [3.05, 3.63) is 40.6 Å². The Kier molecular flexibility index (Phi) is 4.45. The van der Waals surface area contributed by atoms with E-state index in [0.717, 1.165) is 0 Å². The zero-order valence-corrected chi connectivity index (χ0v) is 12.3. The average Bonchev–Trinajstić information content (AvgIpc) is 2.83. The van der Waals surface area contributed by atoms with Gasteiger partial charge >= 0.3 is 0 Å². The molecule has 1 N–H and O–H groups in total. The van der Waals surface area contributed by atoms with Gasteiger partial charge in [0.15, 0.2) is 5.82 Å². The summed E-state index contributed by atoms with van der Waals surface area (Å²) in [6.45, 7) is 1.81. The number of carbonyl (C=O) groups is 1. The maximum Gasteiger partial charge on any atom is 0.245 e. The summed E-state index contributed by atoms with van der Waals surface area (Å²) in [4.78, 5) is 13.6. The van der Waals surface area contributed by atoms with Crippen LogP contribution >= 0.6 is 11.6 Å². The summed E-state index contributed by atoms with van der Waals surface area (Å²) in [5, 5.41) is 15.9. The van der Waals surface area contributed by atoms with Crippen LogP contribution < -0.4 is 10.2 Å². The molecular weight excluding hydrogens is 292 g/mol. The van der Waals surface area contributed by atoms with Gasteiger partial charge in [-0.3, -0.25) is 4.79 Å². The summed E-state index contributed by atoms with van der Waals surface area (Å²) in [6.07, 6.45) is 0. The number of aryl methyl sites for hydroxylation is 1. The first-order valence-corrected chi connectivity index (χ1v) is 6.51. The molecule has 1 heterocycles. The topological polar surface area (TPSA) is 82.2 Å². The van der Waals surface area contributed by atoms with Gasteiger partial charge in [0.2, 0.25) is 5.91 Å². The molecular formula is C14H13ClN4O2. The number of amides is 1. The first-order valence-electron chi connectivity index (χ1n) is 6.13. The molecule has 2 aromatic rings. The van der Waals surface area contributed by atoms with E-state index in [1.54, 1.807) is 43.1 Å². The molecule has 0 unspecified atom stereocenters. The number of carbonyl (C=O) groups excluding carboxylic acids is 1. The standard InChI is InChI=1S/C14H13ClN4O2/c1-9-5-13(18-21-9)17-14(20)8-19(2)12-4-3-11(15)6-10(12)7-16/h3-6H,8H2,1-2H3,(H,17,18,20). The second kappa shape index (κ2) is 6.29. The zero-order chi connectivity index (χ0) is 15.4. The molecule has 0 aliphatic carbocycles. The van der Waals surface area contributed by atoms with Crippen molar-refractivity contribution in [3.63, 3.8) is 0 Å². The number of hydrogen-bond acceptors (Lipinski definition) is 5. The molecule has 0 saturated carbocycles. The predicted octanol–water partition coefficient (Wildman–Crippen LogP) is 2.58. The van der Waals surface area contributed by atoms with Gasteiger partial charge in [-0.1, -0.05) is 16.8 Å². The van der Waals surface area contributed by atoms with Crippen LogP contribution in [0.4, 0.5) is 11.5 Å². The normalized spacial score (nSPS) is 10.0. The van der Waals surface area contributed by atoms with Crippen LogP contribution in [0.5, 0.6) is 0 Å². The van der Waals surface area contributed by atoms with Gasteiger partial charge in [0.05, 0.1) is 17.8 Å². The highest BCUT2D eigenvalue weighted by molar-refractivity contribution is 6.30. The van der Waals surface area contributed by atoms with Crippen molar-refractivity contribution in [2.75, 3.05) is 23.8 Å². The molecule has 0 spiro atoms. The van der Waals surface area contributed by atoms with Crippen molar-refractivity contribution >= 4 is 29.0 Å². The lowest BCUT2D eigenvalue weighted by Crippen LogP contribution is -2.30. The lowest BCUT2D eigenvalue weighted by Gasteiger charge is -2.19. The number of benzene rings is 1. The van der Waals surface area contributed by atoms with Crippen LogP contribution in [-0.2, 0) is 4.79 Å². The smallest absolute Gasteiger partial charge is 0.245 e. The molecule has 1 amide bonds. The van der Waals surface area contributed by atoms with Crippen LogP contribution in [0.2, 0.25) is 5.02 Å². The van der Waals surface area contributed by atoms with E-state index in [0.29, 0.717) is 27.9 Å². The second-order valence-electron chi connectivity index (χ2n) is 4.50. The van der Waals surface area contributed by atoms with E-state index in [1.165, 1.54) is 0 Å². The monoisotopic (exact) mass is 304 g/mol. The highest BCUT2D eigenvalue weighted by Gasteiger charge is 2.13. The summed E-state index contributed by atoms with van der Waals surface area (Å²) in [5.74, 6) is 0.718. The fourth-order valence-electron chi connectivity index (χ4n) is 1.84. The Balaban J connectivity index is 2.06. The summed E-state index contributed by atoms with van der Waals surface area (Å²) in [7, 11) is 1.72. The number of hydrogen-bond donors (Lipinski definition) is 1. The van der Waals surface area contributed by atoms with Crippen molar-refractivity contribution in [2.24, 2.45) is 0 Å². The minimum Gasteiger partial charge on any atom is -0.364 e. The Bertz CT molecular complexity index is 705. The lowest BCUT2D eigenvalue weighted by molar-refractivity contribution is -0.115. The third-order valence-electron chi connectivity index (χ3n) is 2.77. The van der Waals surface area contributed by atoms with Crippen molar-refractivity contribution in [1.29, 1.82) is 5.26 Å². The molecule has 0 saturated heterocycles. The molecule has 0 aliphatic rings. The fourth-order valence-corrected chi connectivity index (χ4v) is 2.01. The molecule has 108 valence electrons. The van der Waals surface area contributed by atoms with Crippen LogP contribution in [0, 0.1) is 18.3 Å². The molecule has 0 radical (unpaired) electrons. The number of nitrogens with one attached hydrogen (secondary N) is 1. The first-order chi connectivity index (χ1) is 9.99. The summed E-state index contributed by atoms with van der Waals surface area (Å²) < 4.78 is 4.87. The van der Waals surface area contributed by atoms with E-state index in [4.69, 9.17) is 21.4 Å². The Morgan fingerprint density at radius 3 is 2.90 bits per heavy atom. The zero-order valence-electron chi connectivity index (χ0n) is 11.6. The first kappa shape index (κ1) is 14.9. The average molecular weight is 305 g/mol. The number of halogens is 1. The lowest BCUT2D eigenvalue weighted by atomic mass is 10.2. The predicted molar refractivity (Wildman–Crippen MR) is 79.3 cm³/mol. The molecule has 7 heteroatoms. The van der Waals surface area contributed by atoms with Crippen molar-refractivity contribution in [3.8, 4) is 6.07 Å². The molecule has 0 bridgehead atoms. The van der Waals surface area contributed by atoms with Crippen LogP contribution in [0.3, 0.4) is 0 Å². The van der Waals surface area contributed by atoms with E-state index in [1.807, 2.05) is 0 Å². The van der Waals surface area contributed by atoms with E-state index in [2.05, 4.69) is 16.5 Å². The summed E-state index contributed by atoms with van der Waals surface area (Å²) in [5.41, 5.74) is 1.04. The van der Waals surface area contributed by atoms with Crippen molar-refractivity contribution in [1.82, 2.24) is 5.16 Å². The number of rotatable bonds is 4. The van der Waals surface area contributed by atoms with Gasteiger partial charge in [0, 0.05) is 18.1 Å². The Morgan fingerprint density at radius 2 is 2.29 bits per heavy atom. The van der Waals surface area contributed by atoms with Crippen LogP contribution in [0.25, 0.3) is 0 Å². The van der Waals surface area contributed by atoms with Gasteiger partial charge < -0.3 is 14.7 Å². The van der Waals surface area contributed by atoms with E-state index >= 15 is 0 Å². The highest BCUT2D eigenvalue weighted by atomic mass is 35.5. The van der Waals surface area contributed by atoms with Crippen LogP contribution in [0.15, 0.2) is 28.8 Å². The maximum atomic E-state index is 11.9. The molecule has 2 rings (SSSR count). The second-order valence-corrected chi connectivity index (χ2v) is 4.94. The van der Waals surface area contributed by atoms with E-state index in [9.17, 15) is 4.79 Å². The Hall–Kier alpha value is -2.52. The number of aromatic nitrogens is 1. The Morgan fingerprint density at radius 1 is 1.52 bits per heavy atom. The highest BCUT2D eigenvalue weighted by Crippen LogP contribution is 2.22. The molecule has 21 heavy (non-hydrogen) atoms. The van der Waals surface area contributed by atoms with Gasteiger partial charge in [-0.2, -0.15) is 5.26 Å². The fraction of sp³-hybridized carbons (Fsp3) is 0.214. The number of nitrogens with zero attached hydrogens (tertiary/aromatic N) is 3. The largest absolute Gasteiger partial charge is 0.364 e. The minimum atomic E-state index is -0.260. The van der Waals surface area contributed by atoms with Gasteiger partial charge in [0.1, 0.15) is 11.8 Å². The third kappa shape index (κ3) is 3.74. The number of nitriles is 1. The molecule has 1 aromatic heterocycles. The Labute approximate surface area is 126 Å². The van der Waals surface area contributed by atoms with Crippen LogP contribution in [-0.4, -0.2) is 24.7 Å². The third-order valence-corrected chi connectivity index (χ3v) is 3.00. The maximum absolute atomic E-state index is 11.9. The molecule has 0 aliphatic heterocycles. The van der Waals surface area contributed by atoms with E-state index in [-0.39, 0.29) is 12.5 Å². The van der Waals surface area contributed by atoms with Crippen molar-refractivity contribution < 1.29 is 9.32 Å². The van der Waals surface area contributed by atoms with Crippen LogP contribution in [0.1, 0.15) is 11.3 Å². The molecule has 6 nitrogen and oxygen atoms in total. The minimum absolute atomic E-state index is 0.0716. The molecule has 0 atom stereocenters. The van der Waals surface area contributed by atoms with Gasteiger partial charge in [-0.15, -0.1) is 0 Å². The SMILES string of the molecule is Cc1cc(NC(=O)CN(C)c2ccc(Cl)cc2C#N)no1. The van der Waals surface area contributed by atoms with Gasteiger partial charge in [-0.05, 0) is 25.1 Å². The summed E-state index contributed by atoms with van der Waals surface area (Å²) >= 11 is 5.85. The molecule has 1 aromatic carbocycles.